The zero-order chi connectivity index (χ0) is 16.9. The fourth-order valence-electron chi connectivity index (χ4n) is 2.28. The lowest BCUT2D eigenvalue weighted by molar-refractivity contribution is 0.0947. The Morgan fingerprint density at radius 3 is 2.92 bits per heavy atom. The number of para-hydroxylation sites is 1. The molecule has 0 saturated carbocycles. The highest BCUT2D eigenvalue weighted by Crippen LogP contribution is 2.23. The normalized spacial score (nSPS) is 10.6. The van der Waals surface area contributed by atoms with E-state index in [1.54, 1.807) is 24.4 Å². The summed E-state index contributed by atoms with van der Waals surface area (Å²) in [7, 11) is 0. The molecule has 0 unspecified atom stereocenters. The van der Waals surface area contributed by atoms with Gasteiger partial charge in [-0.3, -0.25) is 9.78 Å². The van der Waals surface area contributed by atoms with Crippen molar-refractivity contribution in [2.45, 2.75) is 0 Å². The number of carbonyl (C=O) groups is 1. The van der Waals surface area contributed by atoms with Gasteiger partial charge < -0.3 is 10.1 Å². The summed E-state index contributed by atoms with van der Waals surface area (Å²) in [5.74, 6) is 0.462. The van der Waals surface area contributed by atoms with E-state index >= 15 is 0 Å². The molecule has 1 heterocycles. The molecule has 3 aromatic rings. The summed E-state index contributed by atoms with van der Waals surface area (Å²) in [5, 5.41) is 4.22. The van der Waals surface area contributed by atoms with Crippen LogP contribution in [0, 0.1) is 0 Å². The Balaban J connectivity index is 1.59. The zero-order valence-corrected chi connectivity index (χ0v) is 15.0. The first kappa shape index (κ1) is 16.7. The van der Waals surface area contributed by atoms with E-state index in [4.69, 9.17) is 16.3 Å². The maximum Gasteiger partial charge on any atom is 0.252 e. The van der Waals surface area contributed by atoms with Crippen LogP contribution in [0.2, 0.25) is 5.02 Å². The lowest BCUT2D eigenvalue weighted by Gasteiger charge is -2.10. The van der Waals surface area contributed by atoms with E-state index in [0.29, 0.717) is 29.5 Å². The first-order valence-corrected chi connectivity index (χ1v) is 8.52. The minimum Gasteiger partial charge on any atom is -0.489 e. The number of benzene rings is 2. The van der Waals surface area contributed by atoms with Gasteiger partial charge in [0.15, 0.2) is 0 Å². The van der Waals surface area contributed by atoms with Gasteiger partial charge in [0.1, 0.15) is 17.9 Å². The number of hydrogen-bond donors (Lipinski definition) is 1. The molecule has 1 amide bonds. The number of halogens is 2. The Morgan fingerprint density at radius 1 is 1.21 bits per heavy atom. The average molecular weight is 406 g/mol. The molecule has 0 atom stereocenters. The SMILES string of the molecule is O=C(NCCOc1cccc2cccnc12)c1cc(Br)ccc1Cl. The summed E-state index contributed by atoms with van der Waals surface area (Å²) in [6, 6.07) is 14.8. The number of rotatable bonds is 5. The minimum atomic E-state index is -0.235. The fourth-order valence-corrected chi connectivity index (χ4v) is 2.85. The van der Waals surface area contributed by atoms with Gasteiger partial charge in [-0.25, -0.2) is 0 Å². The number of nitrogens with zero attached hydrogens (tertiary/aromatic N) is 1. The molecule has 2 aromatic carbocycles. The number of ether oxygens (including phenoxy) is 1. The second-order valence-electron chi connectivity index (χ2n) is 5.06. The average Bonchev–Trinajstić information content (AvgIpc) is 2.60. The Kier molecular flexibility index (Phi) is 5.33. The molecule has 1 N–H and O–H groups in total. The zero-order valence-electron chi connectivity index (χ0n) is 12.6. The number of nitrogens with one attached hydrogen (secondary N) is 1. The van der Waals surface area contributed by atoms with Crippen molar-refractivity contribution in [3.05, 3.63) is 69.8 Å². The molecule has 0 aliphatic heterocycles. The lowest BCUT2D eigenvalue weighted by atomic mass is 10.2. The predicted octanol–water partition coefficient (Wildman–Crippen LogP) is 4.46. The summed E-state index contributed by atoms with van der Waals surface area (Å²) in [6.45, 7) is 0.706. The van der Waals surface area contributed by atoms with E-state index < -0.39 is 0 Å². The molecule has 0 aliphatic rings. The molecule has 0 saturated heterocycles. The first-order chi connectivity index (χ1) is 11.6. The van der Waals surface area contributed by atoms with Crippen molar-refractivity contribution in [1.82, 2.24) is 10.3 Å². The van der Waals surface area contributed by atoms with E-state index in [1.165, 1.54) is 0 Å². The molecule has 122 valence electrons. The molecule has 3 rings (SSSR count). The van der Waals surface area contributed by atoms with E-state index in [2.05, 4.69) is 26.2 Å². The number of pyridine rings is 1. The van der Waals surface area contributed by atoms with Gasteiger partial charge in [-0.15, -0.1) is 0 Å². The topological polar surface area (TPSA) is 51.2 Å². The Bertz CT molecular complexity index is 881. The van der Waals surface area contributed by atoms with E-state index in [0.717, 1.165) is 15.4 Å². The van der Waals surface area contributed by atoms with Crippen molar-refractivity contribution in [2.24, 2.45) is 0 Å². The predicted molar refractivity (Wildman–Crippen MR) is 98.7 cm³/mol. The van der Waals surface area contributed by atoms with E-state index in [1.807, 2.05) is 30.3 Å². The first-order valence-electron chi connectivity index (χ1n) is 7.35. The van der Waals surface area contributed by atoms with Crippen LogP contribution >= 0.6 is 27.5 Å². The maximum atomic E-state index is 12.2. The van der Waals surface area contributed by atoms with Crippen LogP contribution in [-0.2, 0) is 0 Å². The molecule has 0 fully saturated rings. The molecule has 0 spiro atoms. The van der Waals surface area contributed by atoms with Gasteiger partial charge in [0, 0.05) is 16.1 Å². The monoisotopic (exact) mass is 404 g/mol. The summed E-state index contributed by atoms with van der Waals surface area (Å²) >= 11 is 9.37. The molecule has 0 radical (unpaired) electrons. The minimum absolute atomic E-state index is 0.235. The van der Waals surface area contributed by atoms with Gasteiger partial charge in [0.2, 0.25) is 0 Å². The smallest absolute Gasteiger partial charge is 0.252 e. The summed E-state index contributed by atoms with van der Waals surface area (Å²) < 4.78 is 6.54. The van der Waals surface area contributed by atoms with Crippen LogP contribution < -0.4 is 10.1 Å². The molecule has 1 aromatic heterocycles. The van der Waals surface area contributed by atoms with Crippen molar-refractivity contribution in [3.8, 4) is 5.75 Å². The van der Waals surface area contributed by atoms with Crippen LogP contribution in [0.15, 0.2) is 59.2 Å². The number of amides is 1. The highest BCUT2D eigenvalue weighted by Gasteiger charge is 2.10. The molecule has 4 nitrogen and oxygen atoms in total. The number of fused-ring (bicyclic) bond motifs is 1. The van der Waals surface area contributed by atoms with Crippen molar-refractivity contribution >= 4 is 44.3 Å². The molecule has 6 heteroatoms. The largest absolute Gasteiger partial charge is 0.489 e. The quantitative estimate of drug-likeness (QED) is 0.638. The maximum absolute atomic E-state index is 12.2. The van der Waals surface area contributed by atoms with Crippen LogP contribution in [0.5, 0.6) is 5.75 Å². The third-order valence-corrected chi connectivity index (χ3v) is 4.24. The molecule has 24 heavy (non-hydrogen) atoms. The number of hydrogen-bond acceptors (Lipinski definition) is 3. The molecular formula is C18H14BrClN2O2. The Labute approximate surface area is 152 Å². The third-order valence-electron chi connectivity index (χ3n) is 3.41. The summed E-state index contributed by atoms with van der Waals surface area (Å²) in [6.07, 6.45) is 1.73. The van der Waals surface area contributed by atoms with Gasteiger partial charge >= 0.3 is 0 Å². The Morgan fingerprint density at radius 2 is 2.04 bits per heavy atom. The highest BCUT2D eigenvalue weighted by molar-refractivity contribution is 9.10. The fraction of sp³-hybridized carbons (Fsp3) is 0.111. The second-order valence-corrected chi connectivity index (χ2v) is 6.38. The Hall–Kier alpha value is -2.11. The van der Waals surface area contributed by atoms with Crippen molar-refractivity contribution in [1.29, 1.82) is 0 Å². The van der Waals surface area contributed by atoms with Crippen molar-refractivity contribution < 1.29 is 9.53 Å². The second kappa shape index (κ2) is 7.64. The summed E-state index contributed by atoms with van der Waals surface area (Å²) in [5.41, 5.74) is 1.24. The van der Waals surface area contributed by atoms with Crippen LogP contribution in [0.3, 0.4) is 0 Å². The molecule has 0 bridgehead atoms. The van der Waals surface area contributed by atoms with Gasteiger partial charge in [0.05, 0.1) is 17.1 Å². The van der Waals surface area contributed by atoms with Gasteiger partial charge in [0.25, 0.3) is 5.91 Å². The van der Waals surface area contributed by atoms with Crippen molar-refractivity contribution in [2.75, 3.05) is 13.2 Å². The van der Waals surface area contributed by atoms with Crippen LogP contribution in [0.25, 0.3) is 10.9 Å². The van der Waals surface area contributed by atoms with Gasteiger partial charge in [-0.2, -0.15) is 0 Å². The molecular weight excluding hydrogens is 392 g/mol. The van der Waals surface area contributed by atoms with Crippen molar-refractivity contribution in [3.63, 3.8) is 0 Å². The number of aromatic nitrogens is 1. The van der Waals surface area contributed by atoms with Gasteiger partial charge in [-0.05, 0) is 30.3 Å². The highest BCUT2D eigenvalue weighted by atomic mass is 79.9. The number of carbonyl (C=O) groups excluding carboxylic acids is 1. The molecule has 0 aliphatic carbocycles. The third kappa shape index (κ3) is 3.86. The van der Waals surface area contributed by atoms with Crippen LogP contribution in [0.4, 0.5) is 0 Å². The van der Waals surface area contributed by atoms with Crippen LogP contribution in [-0.4, -0.2) is 24.0 Å². The van der Waals surface area contributed by atoms with Crippen LogP contribution in [0.1, 0.15) is 10.4 Å². The lowest BCUT2D eigenvalue weighted by Crippen LogP contribution is -2.28. The standard InChI is InChI=1S/C18H14BrClN2O2/c19-13-6-7-15(20)14(11-13)18(23)22-9-10-24-16-5-1-3-12-4-2-8-21-17(12)16/h1-8,11H,9-10H2,(H,22,23). The van der Waals surface area contributed by atoms with E-state index in [-0.39, 0.29) is 5.91 Å². The summed E-state index contributed by atoms with van der Waals surface area (Å²) in [4.78, 5) is 16.5. The van der Waals surface area contributed by atoms with E-state index in [9.17, 15) is 4.79 Å². The van der Waals surface area contributed by atoms with Gasteiger partial charge in [-0.1, -0.05) is 45.7 Å².